The highest BCUT2D eigenvalue weighted by atomic mass is 35.5. The SMILES string of the molecule is Cc1nc(-c2cccc(NC(=O)C3CCCCC3(C)N)c2)cs1.Cl. The molecule has 2 aromatic rings. The van der Waals surface area contributed by atoms with Crippen molar-refractivity contribution in [3.63, 3.8) is 0 Å². The van der Waals surface area contributed by atoms with E-state index in [2.05, 4.69) is 10.3 Å². The molecule has 2 unspecified atom stereocenters. The summed E-state index contributed by atoms with van der Waals surface area (Å²) in [6, 6.07) is 7.85. The van der Waals surface area contributed by atoms with E-state index in [0.717, 1.165) is 47.6 Å². The van der Waals surface area contributed by atoms with Gasteiger partial charge < -0.3 is 11.1 Å². The minimum absolute atomic E-state index is 0. The zero-order valence-electron chi connectivity index (χ0n) is 14.0. The molecule has 2 atom stereocenters. The summed E-state index contributed by atoms with van der Waals surface area (Å²) in [6.07, 6.45) is 3.95. The van der Waals surface area contributed by atoms with Gasteiger partial charge in [-0.2, -0.15) is 0 Å². The number of nitrogens with two attached hydrogens (primary N) is 1. The Balaban J connectivity index is 0.00000208. The van der Waals surface area contributed by atoms with E-state index in [0.29, 0.717) is 0 Å². The van der Waals surface area contributed by atoms with E-state index in [1.807, 2.05) is 43.5 Å². The Labute approximate surface area is 153 Å². The van der Waals surface area contributed by atoms with Crippen LogP contribution in [0.1, 0.15) is 37.6 Å². The molecule has 1 aliphatic rings. The maximum Gasteiger partial charge on any atom is 0.229 e. The van der Waals surface area contributed by atoms with Crippen molar-refractivity contribution in [3.8, 4) is 11.3 Å². The third-order valence-corrected chi connectivity index (χ3v) is 5.39. The van der Waals surface area contributed by atoms with E-state index in [1.165, 1.54) is 0 Å². The average Bonchev–Trinajstić information content (AvgIpc) is 2.93. The topological polar surface area (TPSA) is 68.0 Å². The molecule has 1 saturated carbocycles. The molecule has 3 N–H and O–H groups in total. The van der Waals surface area contributed by atoms with Crippen molar-refractivity contribution in [1.29, 1.82) is 0 Å². The maximum absolute atomic E-state index is 12.6. The summed E-state index contributed by atoms with van der Waals surface area (Å²) >= 11 is 1.63. The fraction of sp³-hybridized carbons (Fsp3) is 0.444. The van der Waals surface area contributed by atoms with Crippen LogP contribution in [-0.2, 0) is 4.79 Å². The van der Waals surface area contributed by atoms with Crippen molar-refractivity contribution in [1.82, 2.24) is 4.98 Å². The largest absolute Gasteiger partial charge is 0.326 e. The van der Waals surface area contributed by atoms with Crippen LogP contribution >= 0.6 is 23.7 Å². The van der Waals surface area contributed by atoms with Crippen molar-refractivity contribution >= 4 is 35.3 Å². The number of carbonyl (C=O) groups is 1. The summed E-state index contributed by atoms with van der Waals surface area (Å²) in [5.41, 5.74) is 8.69. The molecule has 1 fully saturated rings. The minimum Gasteiger partial charge on any atom is -0.326 e. The Hall–Kier alpha value is -1.43. The van der Waals surface area contributed by atoms with Gasteiger partial charge >= 0.3 is 0 Å². The summed E-state index contributed by atoms with van der Waals surface area (Å²) in [5, 5.41) is 6.11. The normalized spacial score (nSPS) is 23.4. The number of benzene rings is 1. The zero-order chi connectivity index (χ0) is 16.4. The number of hydrogen-bond donors (Lipinski definition) is 2. The highest BCUT2D eigenvalue weighted by molar-refractivity contribution is 7.09. The fourth-order valence-corrected chi connectivity index (χ4v) is 3.89. The van der Waals surface area contributed by atoms with Crippen LogP contribution in [0.25, 0.3) is 11.3 Å². The molecule has 1 aromatic heterocycles. The first-order chi connectivity index (χ1) is 11.0. The van der Waals surface area contributed by atoms with Crippen LogP contribution in [0.15, 0.2) is 29.6 Å². The lowest BCUT2D eigenvalue weighted by Crippen LogP contribution is -2.51. The van der Waals surface area contributed by atoms with E-state index in [1.54, 1.807) is 11.3 Å². The molecule has 0 spiro atoms. The Kier molecular flexibility index (Phi) is 6.01. The first kappa shape index (κ1) is 18.9. The number of aromatic nitrogens is 1. The lowest BCUT2D eigenvalue weighted by molar-refractivity contribution is -0.122. The van der Waals surface area contributed by atoms with E-state index in [-0.39, 0.29) is 24.2 Å². The summed E-state index contributed by atoms with van der Waals surface area (Å²) < 4.78 is 0. The summed E-state index contributed by atoms with van der Waals surface area (Å²) in [6.45, 7) is 3.98. The number of rotatable bonds is 3. The molecule has 6 heteroatoms. The Morgan fingerprint density at radius 1 is 1.42 bits per heavy atom. The van der Waals surface area contributed by atoms with E-state index in [9.17, 15) is 4.79 Å². The van der Waals surface area contributed by atoms with Crippen molar-refractivity contribution < 1.29 is 4.79 Å². The second kappa shape index (κ2) is 7.64. The number of halogens is 1. The van der Waals surface area contributed by atoms with Gasteiger partial charge in [0.25, 0.3) is 0 Å². The quantitative estimate of drug-likeness (QED) is 0.847. The number of anilines is 1. The minimum atomic E-state index is -0.411. The lowest BCUT2D eigenvalue weighted by atomic mass is 9.74. The molecule has 1 heterocycles. The summed E-state index contributed by atoms with van der Waals surface area (Å²) in [7, 11) is 0. The van der Waals surface area contributed by atoms with Crippen molar-refractivity contribution in [2.45, 2.75) is 45.1 Å². The van der Waals surface area contributed by atoms with Crippen LogP contribution in [0, 0.1) is 12.8 Å². The van der Waals surface area contributed by atoms with E-state index < -0.39 is 5.54 Å². The van der Waals surface area contributed by atoms with Crippen LogP contribution < -0.4 is 11.1 Å². The molecule has 0 saturated heterocycles. The van der Waals surface area contributed by atoms with Gasteiger partial charge in [0.05, 0.1) is 16.6 Å². The van der Waals surface area contributed by atoms with E-state index >= 15 is 0 Å². The number of nitrogens with zero attached hydrogens (tertiary/aromatic N) is 1. The molecule has 0 aliphatic heterocycles. The highest BCUT2D eigenvalue weighted by Crippen LogP contribution is 2.33. The van der Waals surface area contributed by atoms with Gasteiger partial charge in [0, 0.05) is 22.2 Å². The smallest absolute Gasteiger partial charge is 0.229 e. The van der Waals surface area contributed by atoms with Crippen molar-refractivity contribution in [2.75, 3.05) is 5.32 Å². The fourth-order valence-electron chi connectivity index (χ4n) is 3.27. The number of amides is 1. The van der Waals surface area contributed by atoms with Crippen LogP contribution in [-0.4, -0.2) is 16.4 Å². The third kappa shape index (κ3) is 4.15. The summed E-state index contributed by atoms with van der Waals surface area (Å²) in [4.78, 5) is 17.1. The zero-order valence-corrected chi connectivity index (χ0v) is 15.7. The summed E-state index contributed by atoms with van der Waals surface area (Å²) in [5.74, 6) is -0.0947. The van der Waals surface area contributed by atoms with Gasteiger partial charge in [-0.15, -0.1) is 23.7 Å². The molecular weight excluding hydrogens is 342 g/mol. The predicted octanol–water partition coefficient (Wildman–Crippen LogP) is 4.39. The van der Waals surface area contributed by atoms with Gasteiger partial charge in [-0.25, -0.2) is 4.98 Å². The Morgan fingerprint density at radius 3 is 2.88 bits per heavy atom. The first-order valence-electron chi connectivity index (χ1n) is 8.08. The van der Waals surface area contributed by atoms with Crippen molar-refractivity contribution in [2.24, 2.45) is 11.7 Å². The predicted molar refractivity (Wildman–Crippen MR) is 103 cm³/mol. The first-order valence-corrected chi connectivity index (χ1v) is 8.96. The number of thiazole rings is 1. The number of nitrogens with one attached hydrogen (secondary N) is 1. The van der Waals surface area contributed by atoms with Gasteiger partial charge in [-0.3, -0.25) is 4.79 Å². The Bertz CT molecular complexity index is 714. The second-order valence-electron chi connectivity index (χ2n) is 6.63. The molecule has 0 bridgehead atoms. The highest BCUT2D eigenvalue weighted by Gasteiger charge is 2.37. The van der Waals surface area contributed by atoms with Crippen molar-refractivity contribution in [3.05, 3.63) is 34.7 Å². The van der Waals surface area contributed by atoms with Gasteiger partial charge in [-0.1, -0.05) is 25.0 Å². The molecule has 4 nitrogen and oxygen atoms in total. The molecule has 1 amide bonds. The molecule has 1 aliphatic carbocycles. The second-order valence-corrected chi connectivity index (χ2v) is 7.69. The van der Waals surface area contributed by atoms with Gasteiger partial charge in [-0.05, 0) is 38.8 Å². The molecule has 130 valence electrons. The number of carbonyl (C=O) groups excluding carboxylic acids is 1. The lowest BCUT2D eigenvalue weighted by Gasteiger charge is -2.37. The van der Waals surface area contributed by atoms with Crippen LogP contribution in [0.4, 0.5) is 5.69 Å². The molecule has 0 radical (unpaired) electrons. The third-order valence-electron chi connectivity index (χ3n) is 4.62. The number of aryl methyl sites for hydroxylation is 1. The number of hydrogen-bond acceptors (Lipinski definition) is 4. The van der Waals surface area contributed by atoms with Gasteiger partial charge in [0.15, 0.2) is 0 Å². The maximum atomic E-state index is 12.6. The monoisotopic (exact) mass is 365 g/mol. The standard InChI is InChI=1S/C18H23N3OS.ClH/c1-12-20-16(11-23-12)13-6-5-7-14(10-13)21-17(22)15-8-3-4-9-18(15,2)19;/h5-7,10-11,15H,3-4,8-9,19H2,1-2H3,(H,21,22);1H. The molecule has 1 aromatic carbocycles. The molecule has 24 heavy (non-hydrogen) atoms. The van der Waals surface area contributed by atoms with E-state index in [4.69, 9.17) is 5.73 Å². The van der Waals surface area contributed by atoms with Crippen LogP contribution in [0.3, 0.4) is 0 Å². The van der Waals surface area contributed by atoms with Crippen LogP contribution in [0.2, 0.25) is 0 Å². The Morgan fingerprint density at radius 2 is 2.21 bits per heavy atom. The van der Waals surface area contributed by atoms with Crippen LogP contribution in [0.5, 0.6) is 0 Å². The molecule has 3 rings (SSSR count). The van der Waals surface area contributed by atoms with Gasteiger partial charge in [0.1, 0.15) is 0 Å². The van der Waals surface area contributed by atoms with Gasteiger partial charge in [0.2, 0.25) is 5.91 Å². The molecular formula is C18H24ClN3OS. The average molecular weight is 366 g/mol.